The molecule has 0 aliphatic carbocycles. The van der Waals surface area contributed by atoms with Crippen LogP contribution in [0.3, 0.4) is 0 Å². The average molecular weight is 238 g/mol. The Morgan fingerprint density at radius 2 is 1.59 bits per heavy atom. The van der Waals surface area contributed by atoms with Crippen LogP contribution in [0.1, 0.15) is 51.0 Å². The molecule has 0 aliphatic heterocycles. The number of allylic oxidation sites excluding steroid dienone is 1. The zero-order valence-corrected chi connectivity index (χ0v) is 10.4. The number of rotatable bonds is 7. The van der Waals surface area contributed by atoms with Crippen molar-refractivity contribution >= 4 is 5.83 Å². The summed E-state index contributed by atoms with van der Waals surface area (Å²) in [6.45, 7) is 2.13. The van der Waals surface area contributed by atoms with Crippen LogP contribution in [0.2, 0.25) is 0 Å². The van der Waals surface area contributed by atoms with Gasteiger partial charge in [-0.1, -0.05) is 62.9 Å². The Bertz CT molecular complexity index is 341. The molecule has 0 spiro atoms. The molecule has 0 heterocycles. The quantitative estimate of drug-likeness (QED) is 0.538. The molecule has 0 saturated heterocycles. The molecule has 1 aromatic carbocycles. The van der Waals surface area contributed by atoms with Crippen LogP contribution in [0.15, 0.2) is 36.2 Å². The number of halogens is 2. The normalized spacial score (nSPS) is 12.4. The van der Waals surface area contributed by atoms with E-state index in [2.05, 4.69) is 6.92 Å². The predicted molar refractivity (Wildman–Crippen MR) is 69.0 cm³/mol. The van der Waals surface area contributed by atoms with Gasteiger partial charge in [0.15, 0.2) is 5.83 Å². The molecular weight excluding hydrogens is 218 g/mol. The van der Waals surface area contributed by atoms with Crippen LogP contribution in [-0.4, -0.2) is 0 Å². The predicted octanol–water partition coefficient (Wildman–Crippen LogP) is 5.65. The van der Waals surface area contributed by atoms with Gasteiger partial charge >= 0.3 is 0 Å². The van der Waals surface area contributed by atoms with Gasteiger partial charge in [0.05, 0.1) is 0 Å². The zero-order chi connectivity index (χ0) is 12.5. The van der Waals surface area contributed by atoms with Gasteiger partial charge in [0, 0.05) is 12.0 Å². The molecule has 17 heavy (non-hydrogen) atoms. The Morgan fingerprint density at radius 3 is 2.24 bits per heavy atom. The lowest BCUT2D eigenvalue weighted by Crippen LogP contribution is -1.84. The summed E-state index contributed by atoms with van der Waals surface area (Å²) in [5.74, 6) is -1.33. The fraction of sp³-hybridized carbons (Fsp3) is 0.467. The smallest absolute Gasteiger partial charge is 0.161 e. The van der Waals surface area contributed by atoms with E-state index >= 15 is 0 Å². The monoisotopic (exact) mass is 238 g/mol. The summed E-state index contributed by atoms with van der Waals surface area (Å²) >= 11 is 0. The second-order valence-corrected chi connectivity index (χ2v) is 4.25. The second kappa shape index (κ2) is 7.99. The van der Waals surface area contributed by atoms with Crippen LogP contribution in [0.4, 0.5) is 8.78 Å². The second-order valence-electron chi connectivity index (χ2n) is 4.25. The zero-order valence-electron chi connectivity index (χ0n) is 10.4. The number of benzene rings is 1. The van der Waals surface area contributed by atoms with Crippen molar-refractivity contribution in [2.24, 2.45) is 0 Å². The fourth-order valence-electron chi connectivity index (χ4n) is 1.73. The largest absolute Gasteiger partial charge is 0.209 e. The molecule has 0 nitrogen and oxygen atoms in total. The van der Waals surface area contributed by atoms with Crippen LogP contribution in [0.5, 0.6) is 0 Å². The van der Waals surface area contributed by atoms with Gasteiger partial charge in [-0.15, -0.1) is 0 Å². The van der Waals surface area contributed by atoms with E-state index in [4.69, 9.17) is 0 Å². The summed E-state index contributed by atoms with van der Waals surface area (Å²) in [6.07, 6.45) is 5.36. The van der Waals surface area contributed by atoms with E-state index in [-0.39, 0.29) is 6.42 Å². The molecule has 0 bridgehead atoms. The van der Waals surface area contributed by atoms with Gasteiger partial charge in [0.25, 0.3) is 0 Å². The summed E-state index contributed by atoms with van der Waals surface area (Å²) in [7, 11) is 0. The van der Waals surface area contributed by atoms with E-state index in [0.29, 0.717) is 5.56 Å². The maximum atomic E-state index is 13.6. The van der Waals surface area contributed by atoms with Crippen molar-refractivity contribution in [3.8, 4) is 0 Å². The Hall–Kier alpha value is -1.18. The van der Waals surface area contributed by atoms with Gasteiger partial charge in [0.1, 0.15) is 5.83 Å². The summed E-state index contributed by atoms with van der Waals surface area (Å²) in [5.41, 5.74) is 0.332. The van der Waals surface area contributed by atoms with E-state index < -0.39 is 11.7 Å². The first-order valence-electron chi connectivity index (χ1n) is 6.35. The van der Waals surface area contributed by atoms with Gasteiger partial charge in [-0.2, -0.15) is 0 Å². The van der Waals surface area contributed by atoms with Crippen LogP contribution >= 0.6 is 0 Å². The van der Waals surface area contributed by atoms with E-state index in [1.165, 1.54) is 6.42 Å². The molecule has 0 fully saturated rings. The highest BCUT2D eigenvalue weighted by atomic mass is 19.2. The summed E-state index contributed by atoms with van der Waals surface area (Å²) in [5, 5.41) is 0. The molecule has 0 unspecified atom stereocenters. The molecule has 0 aliphatic rings. The van der Waals surface area contributed by atoms with Crippen LogP contribution < -0.4 is 0 Å². The summed E-state index contributed by atoms with van der Waals surface area (Å²) < 4.78 is 27.1. The van der Waals surface area contributed by atoms with Crippen molar-refractivity contribution in [1.82, 2.24) is 0 Å². The molecule has 1 aromatic rings. The topological polar surface area (TPSA) is 0 Å². The number of hydrogen-bond acceptors (Lipinski definition) is 0. The lowest BCUT2D eigenvalue weighted by Gasteiger charge is -2.02. The lowest BCUT2D eigenvalue weighted by molar-refractivity contribution is 0.531. The third-order valence-corrected chi connectivity index (χ3v) is 2.77. The molecule has 2 heteroatoms. The minimum Gasteiger partial charge on any atom is -0.209 e. The van der Waals surface area contributed by atoms with Gasteiger partial charge < -0.3 is 0 Å². The van der Waals surface area contributed by atoms with Gasteiger partial charge in [0.2, 0.25) is 0 Å². The first-order chi connectivity index (χ1) is 8.25. The molecule has 0 N–H and O–H groups in total. The first kappa shape index (κ1) is 13.9. The lowest BCUT2D eigenvalue weighted by atomic mass is 10.1. The average Bonchev–Trinajstić information content (AvgIpc) is 2.38. The Kier molecular flexibility index (Phi) is 6.53. The molecule has 0 saturated carbocycles. The minimum atomic E-state index is -0.707. The van der Waals surface area contributed by atoms with E-state index in [1.54, 1.807) is 30.3 Å². The molecule has 0 amide bonds. The van der Waals surface area contributed by atoms with Crippen molar-refractivity contribution in [3.63, 3.8) is 0 Å². The molecule has 0 atom stereocenters. The van der Waals surface area contributed by atoms with Crippen molar-refractivity contribution in [2.45, 2.75) is 45.4 Å². The van der Waals surface area contributed by atoms with Gasteiger partial charge in [-0.25, -0.2) is 8.78 Å². The van der Waals surface area contributed by atoms with Crippen molar-refractivity contribution in [3.05, 3.63) is 41.7 Å². The standard InChI is InChI=1S/C15H20F2/c1-2-3-4-5-9-12-14(16)15(17)13-10-7-6-8-11-13/h6-8,10-11H,2-5,9,12H2,1H3/b15-14+. The highest BCUT2D eigenvalue weighted by Gasteiger charge is 2.07. The Labute approximate surface area is 102 Å². The molecular formula is C15H20F2. The van der Waals surface area contributed by atoms with E-state index in [9.17, 15) is 8.78 Å². The van der Waals surface area contributed by atoms with E-state index in [0.717, 1.165) is 25.7 Å². The summed E-state index contributed by atoms with van der Waals surface area (Å²) in [6, 6.07) is 8.39. The van der Waals surface area contributed by atoms with Crippen LogP contribution in [0, 0.1) is 0 Å². The molecule has 94 valence electrons. The maximum absolute atomic E-state index is 13.6. The maximum Gasteiger partial charge on any atom is 0.161 e. The summed E-state index contributed by atoms with van der Waals surface area (Å²) in [4.78, 5) is 0. The fourth-order valence-corrected chi connectivity index (χ4v) is 1.73. The van der Waals surface area contributed by atoms with Gasteiger partial charge in [-0.05, 0) is 6.42 Å². The highest BCUT2D eigenvalue weighted by Crippen LogP contribution is 2.24. The molecule has 1 rings (SSSR count). The Morgan fingerprint density at radius 1 is 0.941 bits per heavy atom. The third kappa shape index (κ3) is 5.12. The SMILES string of the molecule is CCCCCCC/C(F)=C(\F)c1ccccc1. The van der Waals surface area contributed by atoms with Crippen LogP contribution in [0.25, 0.3) is 5.83 Å². The van der Waals surface area contributed by atoms with Crippen molar-refractivity contribution in [2.75, 3.05) is 0 Å². The molecule has 0 radical (unpaired) electrons. The number of unbranched alkanes of at least 4 members (excludes halogenated alkanes) is 4. The highest BCUT2D eigenvalue weighted by molar-refractivity contribution is 5.60. The van der Waals surface area contributed by atoms with E-state index in [1.807, 2.05) is 0 Å². The number of hydrogen-bond donors (Lipinski definition) is 0. The molecule has 0 aromatic heterocycles. The van der Waals surface area contributed by atoms with Crippen molar-refractivity contribution < 1.29 is 8.78 Å². The van der Waals surface area contributed by atoms with Crippen molar-refractivity contribution in [1.29, 1.82) is 0 Å². The third-order valence-electron chi connectivity index (χ3n) is 2.77. The van der Waals surface area contributed by atoms with Crippen LogP contribution in [-0.2, 0) is 0 Å². The Balaban J connectivity index is 2.42. The minimum absolute atomic E-state index is 0.213. The van der Waals surface area contributed by atoms with Gasteiger partial charge in [-0.3, -0.25) is 0 Å². The first-order valence-corrected chi connectivity index (χ1v) is 6.35.